The average Bonchev–Trinajstić information content (AvgIpc) is 2.83. The number of benzene rings is 1. The summed E-state index contributed by atoms with van der Waals surface area (Å²) in [6.45, 7) is 1.64. The van der Waals surface area contributed by atoms with Gasteiger partial charge in [0.2, 0.25) is 0 Å². The Morgan fingerprint density at radius 3 is 2.96 bits per heavy atom. The number of pyridine rings is 1. The molecule has 0 aliphatic heterocycles. The van der Waals surface area contributed by atoms with Crippen molar-refractivity contribution in [3.63, 3.8) is 0 Å². The third-order valence-corrected chi connectivity index (χ3v) is 3.70. The molecular formula is C16H14ClFN4O2. The fourth-order valence-electron chi connectivity index (χ4n) is 2.29. The molecule has 0 radical (unpaired) electrons. The van der Waals surface area contributed by atoms with Gasteiger partial charge in [-0.25, -0.2) is 9.37 Å². The second-order valence-electron chi connectivity index (χ2n) is 5.22. The number of halogens is 2. The highest BCUT2D eigenvalue weighted by atomic mass is 35.5. The summed E-state index contributed by atoms with van der Waals surface area (Å²) in [4.78, 5) is 16.3. The lowest BCUT2D eigenvalue weighted by molar-refractivity contribution is -0.118. The topological polar surface area (TPSA) is 69.0 Å². The van der Waals surface area contributed by atoms with Gasteiger partial charge in [-0.1, -0.05) is 11.6 Å². The van der Waals surface area contributed by atoms with E-state index in [1.165, 1.54) is 18.2 Å². The van der Waals surface area contributed by atoms with Crippen LogP contribution in [0.4, 0.5) is 10.1 Å². The van der Waals surface area contributed by atoms with Crippen molar-refractivity contribution in [3.05, 3.63) is 47.0 Å². The van der Waals surface area contributed by atoms with E-state index in [0.717, 1.165) is 16.7 Å². The van der Waals surface area contributed by atoms with E-state index in [0.29, 0.717) is 11.4 Å². The summed E-state index contributed by atoms with van der Waals surface area (Å²) < 4.78 is 20.0. The molecule has 3 aromatic rings. The predicted molar refractivity (Wildman–Crippen MR) is 88.8 cm³/mol. The fourth-order valence-corrected chi connectivity index (χ4v) is 2.46. The summed E-state index contributed by atoms with van der Waals surface area (Å²) in [6.07, 6.45) is 1.55. The Morgan fingerprint density at radius 2 is 2.21 bits per heavy atom. The van der Waals surface area contributed by atoms with Crippen LogP contribution in [0.1, 0.15) is 5.69 Å². The number of aromatic nitrogens is 3. The average molecular weight is 349 g/mol. The van der Waals surface area contributed by atoms with E-state index in [1.54, 1.807) is 16.9 Å². The summed E-state index contributed by atoms with van der Waals surface area (Å²) in [5.41, 5.74) is 2.11. The molecule has 0 fully saturated rings. The number of carbonyl (C=O) groups is 1. The third-order valence-electron chi connectivity index (χ3n) is 3.41. The zero-order chi connectivity index (χ0) is 17.3. The molecule has 0 atom stereocenters. The number of nitrogens with zero attached hydrogens (tertiary/aromatic N) is 3. The highest BCUT2D eigenvalue weighted by Gasteiger charge is 2.10. The minimum atomic E-state index is -0.542. The molecule has 0 bridgehead atoms. The number of aryl methyl sites for hydroxylation is 2. The molecule has 8 heteroatoms. The molecule has 24 heavy (non-hydrogen) atoms. The Hall–Kier alpha value is -2.67. The standard InChI is InChI=1S/C16H14ClFN4O2/c1-9-12-5-10(7-19-16(12)22(2)21-9)20-15(23)8-24-11-3-4-14(18)13(17)6-11/h3-7H,8H2,1-2H3,(H,20,23). The maximum Gasteiger partial charge on any atom is 0.262 e. The van der Waals surface area contributed by atoms with Crippen molar-refractivity contribution < 1.29 is 13.9 Å². The van der Waals surface area contributed by atoms with Crippen molar-refractivity contribution in [2.45, 2.75) is 6.92 Å². The first-order valence-corrected chi connectivity index (χ1v) is 7.49. The highest BCUT2D eigenvalue weighted by Crippen LogP contribution is 2.21. The number of hydrogen-bond acceptors (Lipinski definition) is 4. The van der Waals surface area contributed by atoms with E-state index in [9.17, 15) is 9.18 Å². The highest BCUT2D eigenvalue weighted by molar-refractivity contribution is 6.30. The molecule has 0 spiro atoms. The van der Waals surface area contributed by atoms with Crippen LogP contribution in [0.25, 0.3) is 11.0 Å². The Balaban J connectivity index is 1.66. The van der Waals surface area contributed by atoms with Crippen molar-refractivity contribution in [1.82, 2.24) is 14.8 Å². The van der Waals surface area contributed by atoms with Crippen molar-refractivity contribution in [2.24, 2.45) is 7.05 Å². The van der Waals surface area contributed by atoms with Gasteiger partial charge in [-0.15, -0.1) is 0 Å². The second-order valence-corrected chi connectivity index (χ2v) is 5.62. The monoisotopic (exact) mass is 348 g/mol. The van der Waals surface area contributed by atoms with Gasteiger partial charge in [-0.3, -0.25) is 9.48 Å². The summed E-state index contributed by atoms with van der Waals surface area (Å²) in [5, 5.41) is 7.77. The first-order chi connectivity index (χ1) is 11.4. The van der Waals surface area contributed by atoms with E-state index in [1.807, 2.05) is 14.0 Å². The predicted octanol–water partition coefficient (Wildman–Crippen LogP) is 3.09. The fraction of sp³-hybridized carbons (Fsp3) is 0.188. The number of hydrogen-bond donors (Lipinski definition) is 1. The molecule has 124 valence electrons. The molecule has 0 aliphatic rings. The van der Waals surface area contributed by atoms with Crippen molar-refractivity contribution in [1.29, 1.82) is 0 Å². The maximum absolute atomic E-state index is 13.1. The SMILES string of the molecule is Cc1nn(C)c2ncc(NC(=O)COc3ccc(F)c(Cl)c3)cc12. The first-order valence-electron chi connectivity index (χ1n) is 7.11. The lowest BCUT2D eigenvalue weighted by Crippen LogP contribution is -2.20. The summed E-state index contributed by atoms with van der Waals surface area (Å²) in [5.74, 6) is -0.592. The van der Waals surface area contributed by atoms with Gasteiger partial charge < -0.3 is 10.1 Å². The molecule has 0 saturated heterocycles. The number of amides is 1. The molecule has 0 saturated carbocycles. The third kappa shape index (κ3) is 3.30. The molecule has 0 unspecified atom stereocenters. The molecule has 1 N–H and O–H groups in total. The minimum absolute atomic E-state index is 0.0605. The molecule has 1 amide bonds. The van der Waals surface area contributed by atoms with Crippen molar-refractivity contribution >= 4 is 34.2 Å². The second kappa shape index (κ2) is 6.45. The molecule has 1 aromatic carbocycles. The Labute approximate surface area is 142 Å². The van der Waals surface area contributed by atoms with Gasteiger partial charge in [0.05, 0.1) is 22.6 Å². The minimum Gasteiger partial charge on any atom is -0.484 e. The molecular weight excluding hydrogens is 335 g/mol. The number of anilines is 1. The van der Waals surface area contributed by atoms with Crippen LogP contribution in [0.3, 0.4) is 0 Å². The zero-order valence-corrected chi connectivity index (χ0v) is 13.8. The molecule has 6 nitrogen and oxygen atoms in total. The van der Waals surface area contributed by atoms with Crippen LogP contribution in [-0.2, 0) is 11.8 Å². The number of nitrogens with one attached hydrogen (secondary N) is 1. The van der Waals surface area contributed by atoms with Gasteiger partial charge in [-0.05, 0) is 25.1 Å². The van der Waals surface area contributed by atoms with Crippen LogP contribution >= 0.6 is 11.6 Å². The number of ether oxygens (including phenoxy) is 1. The van der Waals surface area contributed by atoms with Crippen LogP contribution in [0, 0.1) is 12.7 Å². The number of fused-ring (bicyclic) bond motifs is 1. The Morgan fingerprint density at radius 1 is 1.42 bits per heavy atom. The smallest absolute Gasteiger partial charge is 0.262 e. The Bertz CT molecular complexity index is 926. The van der Waals surface area contributed by atoms with Gasteiger partial charge in [0.1, 0.15) is 11.6 Å². The normalized spacial score (nSPS) is 10.8. The lowest BCUT2D eigenvalue weighted by Gasteiger charge is -2.08. The van der Waals surface area contributed by atoms with Crippen LogP contribution in [0.15, 0.2) is 30.5 Å². The van der Waals surface area contributed by atoms with Crippen LogP contribution in [0.2, 0.25) is 5.02 Å². The largest absolute Gasteiger partial charge is 0.484 e. The van der Waals surface area contributed by atoms with Crippen LogP contribution in [-0.4, -0.2) is 27.3 Å². The van der Waals surface area contributed by atoms with E-state index >= 15 is 0 Å². The summed E-state index contributed by atoms with van der Waals surface area (Å²) in [6, 6.07) is 5.70. The first kappa shape index (κ1) is 16.2. The van der Waals surface area contributed by atoms with E-state index < -0.39 is 5.82 Å². The van der Waals surface area contributed by atoms with Gasteiger partial charge >= 0.3 is 0 Å². The van der Waals surface area contributed by atoms with E-state index in [2.05, 4.69) is 15.4 Å². The summed E-state index contributed by atoms with van der Waals surface area (Å²) >= 11 is 5.66. The van der Waals surface area contributed by atoms with Gasteiger partial charge in [0.25, 0.3) is 5.91 Å². The molecule has 0 aliphatic carbocycles. The summed E-state index contributed by atoms with van der Waals surface area (Å²) in [7, 11) is 1.81. The zero-order valence-electron chi connectivity index (χ0n) is 13.0. The van der Waals surface area contributed by atoms with Gasteiger partial charge in [0.15, 0.2) is 12.3 Å². The van der Waals surface area contributed by atoms with E-state index in [4.69, 9.17) is 16.3 Å². The maximum atomic E-state index is 13.1. The number of carbonyl (C=O) groups excluding carboxylic acids is 1. The molecule has 2 heterocycles. The van der Waals surface area contributed by atoms with Crippen molar-refractivity contribution in [3.8, 4) is 5.75 Å². The molecule has 2 aromatic heterocycles. The number of rotatable bonds is 4. The van der Waals surface area contributed by atoms with Crippen LogP contribution in [0.5, 0.6) is 5.75 Å². The van der Waals surface area contributed by atoms with E-state index in [-0.39, 0.29) is 17.5 Å². The quantitative estimate of drug-likeness (QED) is 0.786. The van der Waals surface area contributed by atoms with Gasteiger partial charge in [0, 0.05) is 18.5 Å². The lowest BCUT2D eigenvalue weighted by atomic mass is 10.2. The Kier molecular flexibility index (Phi) is 4.35. The molecule has 3 rings (SSSR count). The van der Waals surface area contributed by atoms with Crippen molar-refractivity contribution in [2.75, 3.05) is 11.9 Å². The van der Waals surface area contributed by atoms with Gasteiger partial charge in [-0.2, -0.15) is 5.10 Å². The van der Waals surface area contributed by atoms with Crippen LogP contribution < -0.4 is 10.1 Å².